The second-order valence-corrected chi connectivity index (χ2v) is 7.12. The van der Waals surface area contributed by atoms with Gasteiger partial charge in [-0.2, -0.15) is 0 Å². The van der Waals surface area contributed by atoms with Gasteiger partial charge in [0.05, 0.1) is 16.6 Å². The Labute approximate surface area is 161 Å². The highest BCUT2D eigenvalue weighted by Gasteiger charge is 2.48. The summed E-state index contributed by atoms with van der Waals surface area (Å²) < 4.78 is 5.62. The molecule has 7 heteroatoms. The highest BCUT2D eigenvalue weighted by Crippen LogP contribution is 2.32. The largest absolute Gasteiger partial charge is 0.492 e. The zero-order valence-electron chi connectivity index (χ0n) is 14.4. The van der Waals surface area contributed by atoms with E-state index in [2.05, 4.69) is 5.32 Å². The molecule has 26 heavy (non-hydrogen) atoms. The number of nitrogens with one attached hydrogen (secondary N) is 1. The zero-order chi connectivity index (χ0) is 18.9. The molecule has 0 spiro atoms. The lowest BCUT2D eigenvalue weighted by atomic mass is 9.92. The molecule has 1 atom stereocenters. The molecule has 1 unspecified atom stereocenters. The first-order valence-electron chi connectivity index (χ1n) is 8.10. The molecule has 2 aromatic carbocycles. The molecular formula is C19H18Cl2N2O3. The summed E-state index contributed by atoms with van der Waals surface area (Å²) in [4.78, 5) is 26.3. The minimum atomic E-state index is -1.19. The van der Waals surface area contributed by atoms with Gasteiger partial charge in [-0.1, -0.05) is 47.0 Å². The molecule has 1 saturated heterocycles. The van der Waals surface area contributed by atoms with Gasteiger partial charge in [0.1, 0.15) is 17.9 Å². The van der Waals surface area contributed by atoms with E-state index in [1.165, 1.54) is 0 Å². The number of halogens is 2. The number of ether oxygens (including phenoxy) is 1. The van der Waals surface area contributed by atoms with Gasteiger partial charge in [-0.15, -0.1) is 0 Å². The molecule has 1 heterocycles. The van der Waals surface area contributed by atoms with Gasteiger partial charge in [0.15, 0.2) is 0 Å². The number of benzene rings is 2. The van der Waals surface area contributed by atoms with Gasteiger partial charge >= 0.3 is 6.03 Å². The van der Waals surface area contributed by atoms with Crippen LogP contribution in [0.15, 0.2) is 42.5 Å². The van der Waals surface area contributed by atoms with Crippen molar-refractivity contribution in [2.75, 3.05) is 13.2 Å². The van der Waals surface area contributed by atoms with Crippen molar-refractivity contribution in [1.82, 2.24) is 10.2 Å². The second kappa shape index (κ2) is 7.17. The maximum atomic E-state index is 12.8. The molecule has 1 aliphatic heterocycles. The number of hydrogen-bond acceptors (Lipinski definition) is 3. The third-order valence-electron chi connectivity index (χ3n) is 4.38. The fourth-order valence-electron chi connectivity index (χ4n) is 2.79. The van der Waals surface area contributed by atoms with Gasteiger partial charge in [-0.25, -0.2) is 4.79 Å². The molecule has 0 aromatic heterocycles. The number of urea groups is 1. The van der Waals surface area contributed by atoms with Crippen molar-refractivity contribution in [3.63, 3.8) is 0 Å². The van der Waals surface area contributed by atoms with Crippen molar-refractivity contribution in [2.24, 2.45) is 0 Å². The Morgan fingerprint density at radius 2 is 1.77 bits per heavy atom. The lowest BCUT2D eigenvalue weighted by molar-refractivity contribution is -0.131. The first-order chi connectivity index (χ1) is 12.3. The minimum Gasteiger partial charge on any atom is -0.492 e. The van der Waals surface area contributed by atoms with Gasteiger partial charge < -0.3 is 10.1 Å². The van der Waals surface area contributed by atoms with E-state index in [-0.39, 0.29) is 19.1 Å². The number of rotatable bonds is 5. The van der Waals surface area contributed by atoms with Crippen LogP contribution in [-0.4, -0.2) is 30.0 Å². The summed E-state index contributed by atoms with van der Waals surface area (Å²) >= 11 is 12.0. The van der Waals surface area contributed by atoms with Crippen molar-refractivity contribution >= 4 is 35.1 Å². The topological polar surface area (TPSA) is 58.6 Å². The Kier molecular flexibility index (Phi) is 5.12. The number of carbonyl (C=O) groups is 2. The molecule has 0 saturated carbocycles. The molecule has 3 rings (SSSR count). The Morgan fingerprint density at radius 1 is 1.08 bits per heavy atom. The third-order valence-corrected chi connectivity index (χ3v) is 5.12. The number of aryl methyl sites for hydroxylation is 1. The summed E-state index contributed by atoms with van der Waals surface area (Å²) in [7, 11) is 0. The predicted octanol–water partition coefficient (Wildman–Crippen LogP) is 4.15. The number of amides is 3. The molecule has 0 radical (unpaired) electrons. The van der Waals surface area contributed by atoms with Crippen LogP contribution >= 0.6 is 23.2 Å². The summed E-state index contributed by atoms with van der Waals surface area (Å²) in [5.74, 6) is 0.336. The second-order valence-electron chi connectivity index (χ2n) is 6.30. The highest BCUT2D eigenvalue weighted by atomic mass is 35.5. The summed E-state index contributed by atoms with van der Waals surface area (Å²) in [6, 6.07) is 12.0. The zero-order valence-corrected chi connectivity index (χ0v) is 15.9. The fraction of sp³-hybridized carbons (Fsp3) is 0.263. The maximum Gasteiger partial charge on any atom is 0.325 e. The third kappa shape index (κ3) is 3.50. The standard InChI is InChI=1S/C19H18Cl2N2O3/c1-12-3-6-14(7-4-12)26-10-9-23-17(24)19(2,22-18(23)25)13-5-8-15(20)16(21)11-13/h3-8,11H,9-10H2,1-2H3,(H,22,25). The molecule has 136 valence electrons. The van der Waals surface area contributed by atoms with E-state index in [0.29, 0.717) is 21.4 Å². The van der Waals surface area contributed by atoms with E-state index in [1.807, 2.05) is 31.2 Å². The van der Waals surface area contributed by atoms with E-state index >= 15 is 0 Å². The quantitative estimate of drug-likeness (QED) is 0.777. The lowest BCUT2D eigenvalue weighted by Crippen LogP contribution is -2.41. The number of imide groups is 1. The van der Waals surface area contributed by atoms with Crippen molar-refractivity contribution in [3.8, 4) is 5.75 Å². The number of carbonyl (C=O) groups excluding carboxylic acids is 2. The number of nitrogens with zero attached hydrogens (tertiary/aromatic N) is 1. The van der Waals surface area contributed by atoms with Crippen LogP contribution in [0.2, 0.25) is 10.0 Å². The minimum absolute atomic E-state index is 0.148. The smallest absolute Gasteiger partial charge is 0.325 e. The normalized spacial score (nSPS) is 19.6. The van der Waals surface area contributed by atoms with Crippen molar-refractivity contribution in [2.45, 2.75) is 19.4 Å². The molecule has 2 aromatic rings. The van der Waals surface area contributed by atoms with Gasteiger partial charge in [0.2, 0.25) is 0 Å². The summed E-state index contributed by atoms with van der Waals surface area (Å²) in [6.45, 7) is 3.99. The number of hydrogen-bond donors (Lipinski definition) is 1. The predicted molar refractivity (Wildman–Crippen MR) is 101 cm³/mol. The van der Waals surface area contributed by atoms with Crippen molar-refractivity contribution in [3.05, 3.63) is 63.6 Å². The molecule has 0 bridgehead atoms. The van der Waals surface area contributed by atoms with E-state index in [4.69, 9.17) is 27.9 Å². The van der Waals surface area contributed by atoms with E-state index < -0.39 is 11.6 Å². The summed E-state index contributed by atoms with van der Waals surface area (Å²) in [5, 5.41) is 3.44. The molecule has 3 amide bonds. The Hall–Kier alpha value is -2.24. The van der Waals surface area contributed by atoms with Gasteiger partial charge in [-0.3, -0.25) is 9.69 Å². The van der Waals surface area contributed by atoms with Gasteiger partial charge in [0.25, 0.3) is 5.91 Å². The van der Waals surface area contributed by atoms with Crippen molar-refractivity contribution < 1.29 is 14.3 Å². The van der Waals surface area contributed by atoms with Crippen LogP contribution in [-0.2, 0) is 10.3 Å². The monoisotopic (exact) mass is 392 g/mol. The van der Waals surface area contributed by atoms with E-state index in [1.54, 1.807) is 25.1 Å². The lowest BCUT2D eigenvalue weighted by Gasteiger charge is -2.22. The van der Waals surface area contributed by atoms with Crippen LogP contribution < -0.4 is 10.1 Å². The average molecular weight is 393 g/mol. The van der Waals surface area contributed by atoms with E-state index in [0.717, 1.165) is 10.5 Å². The summed E-state index contributed by atoms with van der Waals surface area (Å²) in [5.41, 5.74) is 0.519. The van der Waals surface area contributed by atoms with Crippen LogP contribution in [0.5, 0.6) is 5.75 Å². The van der Waals surface area contributed by atoms with Gasteiger partial charge in [-0.05, 0) is 43.7 Å². The molecular weight excluding hydrogens is 375 g/mol. The fourth-order valence-corrected chi connectivity index (χ4v) is 3.09. The van der Waals surface area contributed by atoms with Gasteiger partial charge in [0, 0.05) is 0 Å². The maximum absolute atomic E-state index is 12.8. The molecule has 1 N–H and O–H groups in total. The van der Waals surface area contributed by atoms with Crippen LogP contribution in [0.4, 0.5) is 4.79 Å². The molecule has 5 nitrogen and oxygen atoms in total. The highest BCUT2D eigenvalue weighted by molar-refractivity contribution is 6.42. The molecule has 0 aliphatic carbocycles. The first-order valence-corrected chi connectivity index (χ1v) is 8.86. The van der Waals surface area contributed by atoms with Crippen LogP contribution in [0.1, 0.15) is 18.1 Å². The average Bonchev–Trinajstić information content (AvgIpc) is 2.83. The SMILES string of the molecule is Cc1ccc(OCCN2C(=O)NC(C)(c3ccc(Cl)c(Cl)c3)C2=O)cc1. The summed E-state index contributed by atoms with van der Waals surface area (Å²) in [6.07, 6.45) is 0. The van der Waals surface area contributed by atoms with Crippen LogP contribution in [0.25, 0.3) is 0 Å². The van der Waals surface area contributed by atoms with Crippen LogP contribution in [0, 0.1) is 6.92 Å². The molecule has 1 fully saturated rings. The first kappa shape index (κ1) is 18.5. The van der Waals surface area contributed by atoms with E-state index in [9.17, 15) is 9.59 Å². The Bertz CT molecular complexity index is 854. The van der Waals surface area contributed by atoms with Crippen molar-refractivity contribution in [1.29, 1.82) is 0 Å². The van der Waals surface area contributed by atoms with Crippen LogP contribution in [0.3, 0.4) is 0 Å². The molecule has 1 aliphatic rings. The Morgan fingerprint density at radius 3 is 2.42 bits per heavy atom. The Balaban J connectivity index is 1.69.